The average Bonchev–Trinajstić information content (AvgIpc) is 2.37. The first-order valence-corrected chi connectivity index (χ1v) is 7.05. The second-order valence-corrected chi connectivity index (χ2v) is 5.57. The number of ether oxygens (including phenoxy) is 1. The largest absolute Gasteiger partial charge is 0.488 e. The average molecular weight is 334 g/mol. The molecule has 0 aliphatic rings. The third kappa shape index (κ3) is 3.84. The highest BCUT2D eigenvalue weighted by atomic mass is 79.9. The zero-order valence-corrected chi connectivity index (χ0v) is 13.0. The fourth-order valence-corrected chi connectivity index (χ4v) is 2.61. The van der Waals surface area contributed by atoms with Crippen molar-refractivity contribution in [2.24, 2.45) is 5.16 Å². The Morgan fingerprint density at radius 1 is 1.15 bits per heavy atom. The summed E-state index contributed by atoms with van der Waals surface area (Å²) < 4.78 is 6.64. The maximum atomic E-state index is 8.51. The van der Waals surface area contributed by atoms with Gasteiger partial charge >= 0.3 is 0 Å². The molecule has 0 radical (unpaired) electrons. The van der Waals surface area contributed by atoms with Gasteiger partial charge in [0.25, 0.3) is 0 Å². The minimum Gasteiger partial charge on any atom is -0.488 e. The molecule has 2 aromatic rings. The van der Waals surface area contributed by atoms with Crippen molar-refractivity contribution in [3.8, 4) is 5.75 Å². The van der Waals surface area contributed by atoms with Crippen molar-refractivity contribution in [2.75, 3.05) is 0 Å². The van der Waals surface area contributed by atoms with Crippen LogP contribution in [0.25, 0.3) is 0 Å². The fraction of sp³-hybridized carbons (Fsp3) is 0.188. The van der Waals surface area contributed by atoms with Gasteiger partial charge in [-0.2, -0.15) is 0 Å². The van der Waals surface area contributed by atoms with E-state index in [4.69, 9.17) is 9.94 Å². The second-order valence-electron chi connectivity index (χ2n) is 4.72. The number of aryl methyl sites for hydroxylation is 2. The van der Waals surface area contributed by atoms with E-state index in [1.165, 1.54) is 17.3 Å². The van der Waals surface area contributed by atoms with E-state index in [0.717, 1.165) is 21.3 Å². The SMILES string of the molecule is Cc1cc(C)cc(COc2ccc(/C=N\O)cc2Br)c1. The molecule has 2 aromatic carbocycles. The predicted octanol–water partition coefficient (Wildman–Crippen LogP) is 4.45. The molecule has 2 rings (SSSR count). The van der Waals surface area contributed by atoms with Gasteiger partial charge in [-0.3, -0.25) is 0 Å². The van der Waals surface area contributed by atoms with Crippen LogP contribution >= 0.6 is 15.9 Å². The molecule has 0 unspecified atom stereocenters. The second kappa shape index (κ2) is 6.57. The highest BCUT2D eigenvalue weighted by Crippen LogP contribution is 2.26. The molecule has 0 amide bonds. The van der Waals surface area contributed by atoms with Crippen molar-refractivity contribution in [1.29, 1.82) is 0 Å². The summed E-state index contributed by atoms with van der Waals surface area (Å²) in [4.78, 5) is 0. The van der Waals surface area contributed by atoms with Crippen LogP contribution in [0.4, 0.5) is 0 Å². The number of rotatable bonds is 4. The van der Waals surface area contributed by atoms with Gasteiger partial charge in [0, 0.05) is 0 Å². The minimum atomic E-state index is 0.522. The van der Waals surface area contributed by atoms with Gasteiger partial charge in [0.15, 0.2) is 0 Å². The van der Waals surface area contributed by atoms with Crippen LogP contribution in [0.15, 0.2) is 46.0 Å². The summed E-state index contributed by atoms with van der Waals surface area (Å²) in [5, 5.41) is 11.5. The topological polar surface area (TPSA) is 41.8 Å². The number of benzene rings is 2. The van der Waals surface area contributed by atoms with E-state index >= 15 is 0 Å². The number of oxime groups is 1. The molecule has 1 N–H and O–H groups in total. The maximum Gasteiger partial charge on any atom is 0.134 e. The number of nitrogens with zero attached hydrogens (tertiary/aromatic N) is 1. The zero-order valence-electron chi connectivity index (χ0n) is 11.4. The summed E-state index contributed by atoms with van der Waals surface area (Å²) in [5.41, 5.74) is 4.42. The lowest BCUT2D eigenvalue weighted by Crippen LogP contribution is -1.97. The van der Waals surface area contributed by atoms with Crippen LogP contribution in [0, 0.1) is 13.8 Å². The number of halogens is 1. The predicted molar refractivity (Wildman–Crippen MR) is 83.8 cm³/mol. The van der Waals surface area contributed by atoms with Crippen molar-refractivity contribution in [3.63, 3.8) is 0 Å². The summed E-state index contributed by atoms with van der Waals surface area (Å²) in [6.45, 7) is 4.68. The highest BCUT2D eigenvalue weighted by Gasteiger charge is 2.03. The molecule has 0 saturated carbocycles. The summed E-state index contributed by atoms with van der Waals surface area (Å²) in [6.07, 6.45) is 1.37. The standard InChI is InChI=1S/C16H16BrNO2/c1-11-5-12(2)7-14(6-11)10-20-16-4-3-13(9-18-19)8-15(16)17/h3-9,19H,10H2,1-2H3/b18-9-. The van der Waals surface area contributed by atoms with Gasteiger partial charge in [0.2, 0.25) is 0 Å². The summed E-state index contributed by atoms with van der Waals surface area (Å²) >= 11 is 3.45. The Morgan fingerprint density at radius 3 is 2.45 bits per heavy atom. The molecular weight excluding hydrogens is 318 g/mol. The molecule has 104 valence electrons. The Labute approximate surface area is 127 Å². The Balaban J connectivity index is 2.10. The van der Waals surface area contributed by atoms with Crippen LogP contribution in [-0.4, -0.2) is 11.4 Å². The Morgan fingerprint density at radius 2 is 1.85 bits per heavy atom. The first-order valence-electron chi connectivity index (χ1n) is 6.25. The lowest BCUT2D eigenvalue weighted by molar-refractivity contribution is 0.304. The van der Waals surface area contributed by atoms with Crippen LogP contribution in [0.3, 0.4) is 0 Å². The Bertz CT molecular complexity index is 618. The first kappa shape index (κ1) is 14.6. The lowest BCUT2D eigenvalue weighted by atomic mass is 10.1. The van der Waals surface area contributed by atoms with Gasteiger partial charge in [-0.15, -0.1) is 0 Å². The van der Waals surface area contributed by atoms with Crippen molar-refractivity contribution >= 4 is 22.1 Å². The van der Waals surface area contributed by atoms with Crippen LogP contribution in [0.2, 0.25) is 0 Å². The molecule has 0 spiro atoms. The Hall–Kier alpha value is -1.81. The molecule has 0 atom stereocenters. The fourth-order valence-electron chi connectivity index (χ4n) is 2.09. The summed E-state index contributed by atoms with van der Waals surface area (Å²) in [6, 6.07) is 11.9. The van der Waals surface area contributed by atoms with Crippen LogP contribution in [-0.2, 0) is 6.61 Å². The van der Waals surface area contributed by atoms with E-state index in [1.54, 1.807) is 0 Å². The molecule has 0 heterocycles. The number of hydrogen-bond donors (Lipinski definition) is 1. The first-order chi connectivity index (χ1) is 9.58. The van der Waals surface area contributed by atoms with E-state index in [9.17, 15) is 0 Å². The van der Waals surface area contributed by atoms with Crippen molar-refractivity contribution in [1.82, 2.24) is 0 Å². The molecule has 3 nitrogen and oxygen atoms in total. The summed E-state index contributed by atoms with van der Waals surface area (Å²) in [5.74, 6) is 0.763. The monoisotopic (exact) mass is 333 g/mol. The molecule has 0 fully saturated rings. The molecule has 0 aliphatic carbocycles. The van der Waals surface area contributed by atoms with Gasteiger partial charge in [0.05, 0.1) is 10.7 Å². The van der Waals surface area contributed by atoms with E-state index in [2.05, 4.69) is 53.1 Å². The molecule has 0 bridgehead atoms. The van der Waals surface area contributed by atoms with Gasteiger partial charge in [-0.25, -0.2) is 0 Å². The molecule has 0 aromatic heterocycles. The molecule has 20 heavy (non-hydrogen) atoms. The maximum absolute atomic E-state index is 8.51. The summed E-state index contributed by atoms with van der Waals surface area (Å²) in [7, 11) is 0. The van der Waals surface area contributed by atoms with Gasteiger partial charge in [0.1, 0.15) is 12.4 Å². The molecule has 0 aliphatic heterocycles. The van der Waals surface area contributed by atoms with E-state index in [1.807, 2.05) is 18.2 Å². The highest BCUT2D eigenvalue weighted by molar-refractivity contribution is 9.10. The minimum absolute atomic E-state index is 0.522. The van der Waals surface area contributed by atoms with Gasteiger partial charge in [-0.05, 0) is 59.1 Å². The third-order valence-electron chi connectivity index (χ3n) is 2.84. The van der Waals surface area contributed by atoms with Crippen LogP contribution in [0.1, 0.15) is 22.3 Å². The number of hydrogen-bond acceptors (Lipinski definition) is 3. The van der Waals surface area contributed by atoms with Crippen molar-refractivity contribution < 1.29 is 9.94 Å². The Kier molecular flexibility index (Phi) is 4.79. The van der Waals surface area contributed by atoms with Crippen LogP contribution < -0.4 is 4.74 Å². The van der Waals surface area contributed by atoms with E-state index < -0.39 is 0 Å². The lowest BCUT2D eigenvalue weighted by Gasteiger charge is -2.10. The van der Waals surface area contributed by atoms with Crippen LogP contribution in [0.5, 0.6) is 5.75 Å². The van der Waals surface area contributed by atoms with Gasteiger partial charge in [-0.1, -0.05) is 34.5 Å². The zero-order chi connectivity index (χ0) is 14.5. The smallest absolute Gasteiger partial charge is 0.134 e. The van der Waals surface area contributed by atoms with E-state index in [-0.39, 0.29) is 0 Å². The molecule has 4 heteroatoms. The quantitative estimate of drug-likeness (QED) is 0.510. The normalized spacial score (nSPS) is 10.9. The molecular formula is C16H16BrNO2. The van der Waals surface area contributed by atoms with Gasteiger partial charge < -0.3 is 9.94 Å². The third-order valence-corrected chi connectivity index (χ3v) is 3.46. The van der Waals surface area contributed by atoms with Crippen molar-refractivity contribution in [2.45, 2.75) is 20.5 Å². The van der Waals surface area contributed by atoms with Crippen molar-refractivity contribution in [3.05, 3.63) is 63.1 Å². The molecule has 0 saturated heterocycles. The van der Waals surface area contributed by atoms with E-state index in [0.29, 0.717) is 6.61 Å².